The fourth-order valence-electron chi connectivity index (χ4n) is 2.40. The molecule has 0 spiro atoms. The van der Waals surface area contributed by atoms with Crippen LogP contribution in [-0.2, 0) is 4.74 Å². The fourth-order valence-corrected chi connectivity index (χ4v) is 2.40. The number of ether oxygens (including phenoxy) is 3. The van der Waals surface area contributed by atoms with Crippen molar-refractivity contribution in [2.75, 3.05) is 18.7 Å². The number of carbonyl (C=O) groups is 2. The van der Waals surface area contributed by atoms with Crippen LogP contribution in [0.1, 0.15) is 33.6 Å². The highest BCUT2D eigenvalue weighted by Crippen LogP contribution is 2.32. The van der Waals surface area contributed by atoms with Crippen molar-refractivity contribution < 1.29 is 23.8 Å². The molecule has 0 unspecified atom stereocenters. The zero-order valence-electron chi connectivity index (χ0n) is 13.4. The summed E-state index contributed by atoms with van der Waals surface area (Å²) < 4.78 is 15.5. The third-order valence-corrected chi connectivity index (χ3v) is 3.96. The molecular formula is C18H16N2O5. The van der Waals surface area contributed by atoms with Gasteiger partial charge in [0.15, 0.2) is 23.9 Å². The molecule has 0 radical (unpaired) electrons. The molecule has 2 aliphatic rings. The summed E-state index contributed by atoms with van der Waals surface area (Å²) in [5.41, 5.74) is 0.707. The smallest absolute Gasteiger partial charge is 0.340 e. The van der Waals surface area contributed by atoms with Crippen molar-refractivity contribution in [3.05, 3.63) is 47.7 Å². The van der Waals surface area contributed by atoms with Gasteiger partial charge < -0.3 is 19.5 Å². The first-order chi connectivity index (χ1) is 12.2. The summed E-state index contributed by atoms with van der Waals surface area (Å²) >= 11 is 0. The molecule has 0 atom stereocenters. The van der Waals surface area contributed by atoms with E-state index < -0.39 is 5.97 Å². The van der Waals surface area contributed by atoms with Gasteiger partial charge in [0.05, 0.1) is 5.56 Å². The molecule has 0 saturated heterocycles. The van der Waals surface area contributed by atoms with Gasteiger partial charge in [0.2, 0.25) is 6.79 Å². The lowest BCUT2D eigenvalue weighted by atomic mass is 10.1. The van der Waals surface area contributed by atoms with Gasteiger partial charge in [-0.25, -0.2) is 9.78 Å². The molecule has 0 amide bonds. The molecule has 1 saturated carbocycles. The van der Waals surface area contributed by atoms with E-state index in [0.717, 1.165) is 18.7 Å². The maximum Gasteiger partial charge on any atom is 0.340 e. The summed E-state index contributed by atoms with van der Waals surface area (Å²) in [4.78, 5) is 28.4. The van der Waals surface area contributed by atoms with E-state index in [-0.39, 0.29) is 19.2 Å². The van der Waals surface area contributed by atoms with E-state index in [0.29, 0.717) is 28.7 Å². The highest BCUT2D eigenvalue weighted by molar-refractivity contribution is 5.99. The summed E-state index contributed by atoms with van der Waals surface area (Å²) in [6, 6.07) is 8.71. The number of hydrogen-bond donors (Lipinski definition) is 1. The van der Waals surface area contributed by atoms with Crippen LogP contribution in [-0.4, -0.2) is 36.2 Å². The van der Waals surface area contributed by atoms with Crippen molar-refractivity contribution in [3.63, 3.8) is 0 Å². The number of esters is 1. The number of benzene rings is 1. The molecule has 1 fully saturated rings. The number of rotatable bonds is 6. The third kappa shape index (κ3) is 3.55. The lowest BCUT2D eigenvalue weighted by molar-refractivity contribution is 0.0474. The van der Waals surface area contributed by atoms with Crippen molar-refractivity contribution in [2.24, 2.45) is 0 Å². The Balaban J connectivity index is 1.33. The van der Waals surface area contributed by atoms with E-state index in [1.807, 2.05) is 0 Å². The summed E-state index contributed by atoms with van der Waals surface area (Å²) in [7, 11) is 0. The van der Waals surface area contributed by atoms with Crippen LogP contribution in [0.2, 0.25) is 0 Å². The molecule has 1 aliphatic carbocycles. The predicted molar refractivity (Wildman–Crippen MR) is 88.1 cm³/mol. The Morgan fingerprint density at radius 1 is 1.12 bits per heavy atom. The molecule has 2 aromatic rings. The highest BCUT2D eigenvalue weighted by atomic mass is 16.7. The Bertz CT molecular complexity index is 815. The van der Waals surface area contributed by atoms with Crippen LogP contribution >= 0.6 is 0 Å². The number of pyridine rings is 1. The monoisotopic (exact) mass is 340 g/mol. The van der Waals surface area contributed by atoms with Gasteiger partial charge in [-0.15, -0.1) is 0 Å². The molecule has 1 aromatic heterocycles. The van der Waals surface area contributed by atoms with Crippen LogP contribution in [0.4, 0.5) is 5.82 Å². The van der Waals surface area contributed by atoms with Gasteiger partial charge in [-0.2, -0.15) is 0 Å². The summed E-state index contributed by atoms with van der Waals surface area (Å²) in [6.07, 6.45) is 3.74. The molecule has 1 N–H and O–H groups in total. The Labute approximate surface area is 143 Å². The topological polar surface area (TPSA) is 86.8 Å². The van der Waals surface area contributed by atoms with Gasteiger partial charge in [0.1, 0.15) is 5.82 Å². The van der Waals surface area contributed by atoms with E-state index in [1.165, 1.54) is 6.20 Å². The van der Waals surface area contributed by atoms with Gasteiger partial charge in [-0.1, -0.05) is 0 Å². The van der Waals surface area contributed by atoms with Crippen LogP contribution in [0.15, 0.2) is 36.5 Å². The average molecular weight is 340 g/mol. The van der Waals surface area contributed by atoms with E-state index in [1.54, 1.807) is 30.3 Å². The van der Waals surface area contributed by atoms with Crippen LogP contribution in [0.5, 0.6) is 11.5 Å². The number of Topliss-reactive ketones (excluding diaryl/α,β-unsaturated/α-hetero) is 1. The Kier molecular flexibility index (Phi) is 3.97. The van der Waals surface area contributed by atoms with Gasteiger partial charge in [0, 0.05) is 17.8 Å². The van der Waals surface area contributed by atoms with Crippen molar-refractivity contribution in [2.45, 2.75) is 18.9 Å². The predicted octanol–water partition coefficient (Wildman–Crippen LogP) is 2.42. The van der Waals surface area contributed by atoms with Crippen molar-refractivity contribution in [3.8, 4) is 11.5 Å². The first kappa shape index (κ1) is 15.4. The Morgan fingerprint density at radius 3 is 2.68 bits per heavy atom. The molecule has 25 heavy (non-hydrogen) atoms. The van der Waals surface area contributed by atoms with Crippen LogP contribution in [0.25, 0.3) is 0 Å². The number of hydrogen-bond acceptors (Lipinski definition) is 7. The second kappa shape index (κ2) is 6.43. The molecule has 4 rings (SSSR count). The lowest BCUT2D eigenvalue weighted by Crippen LogP contribution is -2.14. The zero-order valence-corrected chi connectivity index (χ0v) is 13.4. The van der Waals surface area contributed by atoms with E-state index in [2.05, 4.69) is 10.3 Å². The second-order valence-corrected chi connectivity index (χ2v) is 5.92. The number of anilines is 1. The molecule has 0 bridgehead atoms. The molecule has 1 aliphatic heterocycles. The minimum absolute atomic E-state index is 0.139. The van der Waals surface area contributed by atoms with Gasteiger partial charge >= 0.3 is 5.97 Å². The maximum absolute atomic E-state index is 12.2. The molecular weight excluding hydrogens is 324 g/mol. The minimum Gasteiger partial charge on any atom is -0.454 e. The number of nitrogens with zero attached hydrogens (tertiary/aromatic N) is 1. The third-order valence-electron chi connectivity index (χ3n) is 3.96. The molecule has 2 heterocycles. The van der Waals surface area contributed by atoms with Gasteiger partial charge in [-0.05, 0) is 43.2 Å². The average Bonchev–Trinajstić information content (AvgIpc) is 3.32. The zero-order chi connectivity index (χ0) is 17.2. The molecule has 7 nitrogen and oxygen atoms in total. The summed E-state index contributed by atoms with van der Waals surface area (Å²) in [6.45, 7) is -0.207. The minimum atomic E-state index is -0.584. The molecule has 1 aromatic carbocycles. The number of aromatic nitrogens is 1. The van der Waals surface area contributed by atoms with E-state index in [4.69, 9.17) is 14.2 Å². The number of nitrogens with one attached hydrogen (secondary N) is 1. The SMILES string of the molecule is O=C(COC(=O)c1ccc(NC2CC2)nc1)c1ccc2c(c1)OCO2. The second-order valence-electron chi connectivity index (χ2n) is 5.92. The maximum atomic E-state index is 12.2. The van der Waals surface area contributed by atoms with Gasteiger partial charge in [0.25, 0.3) is 0 Å². The van der Waals surface area contributed by atoms with E-state index >= 15 is 0 Å². The number of ketones is 1. The Hall–Kier alpha value is -3.09. The Morgan fingerprint density at radius 2 is 1.92 bits per heavy atom. The first-order valence-electron chi connectivity index (χ1n) is 8.01. The standard InChI is InChI=1S/C18H16N2O5/c21-14(11-1-5-15-16(7-11)25-10-24-15)9-23-18(22)12-2-6-17(19-8-12)20-13-3-4-13/h1-2,5-8,13H,3-4,9-10H2,(H,19,20). The number of carbonyl (C=O) groups excluding carboxylic acids is 2. The molecule has 128 valence electrons. The first-order valence-corrected chi connectivity index (χ1v) is 8.01. The van der Waals surface area contributed by atoms with E-state index in [9.17, 15) is 9.59 Å². The normalized spacial score (nSPS) is 14.9. The van der Waals surface area contributed by atoms with Crippen LogP contribution < -0.4 is 14.8 Å². The fraction of sp³-hybridized carbons (Fsp3) is 0.278. The number of fused-ring (bicyclic) bond motifs is 1. The van der Waals surface area contributed by atoms with Crippen molar-refractivity contribution in [1.29, 1.82) is 0 Å². The lowest BCUT2D eigenvalue weighted by Gasteiger charge is -2.06. The van der Waals surface area contributed by atoms with Crippen LogP contribution in [0.3, 0.4) is 0 Å². The molecule has 7 heteroatoms. The largest absolute Gasteiger partial charge is 0.454 e. The van der Waals surface area contributed by atoms with Crippen molar-refractivity contribution in [1.82, 2.24) is 4.98 Å². The summed E-state index contributed by atoms with van der Waals surface area (Å²) in [5, 5.41) is 3.23. The summed E-state index contributed by atoms with van der Waals surface area (Å²) in [5.74, 6) is 0.946. The van der Waals surface area contributed by atoms with Gasteiger partial charge in [-0.3, -0.25) is 4.79 Å². The quantitative estimate of drug-likeness (QED) is 0.638. The highest BCUT2D eigenvalue weighted by Gasteiger charge is 2.21. The van der Waals surface area contributed by atoms with Crippen molar-refractivity contribution >= 4 is 17.6 Å². The van der Waals surface area contributed by atoms with Crippen LogP contribution in [0, 0.1) is 0 Å².